The van der Waals surface area contributed by atoms with Crippen molar-refractivity contribution >= 4 is 5.91 Å². The molecule has 2 aliphatic rings. The minimum Gasteiger partial charge on any atom is -0.454 e. The number of carbonyl (C=O) groups is 1. The first-order valence-corrected chi connectivity index (χ1v) is 11.0. The van der Waals surface area contributed by atoms with Crippen molar-refractivity contribution in [2.75, 3.05) is 26.4 Å². The fourth-order valence-corrected chi connectivity index (χ4v) is 4.01. The summed E-state index contributed by atoms with van der Waals surface area (Å²) in [5, 5.41) is 7.44. The minimum absolute atomic E-state index is 0.0587. The van der Waals surface area contributed by atoms with Crippen LogP contribution in [0.1, 0.15) is 52.1 Å². The van der Waals surface area contributed by atoms with Crippen LogP contribution in [0.15, 0.2) is 28.8 Å². The molecule has 1 aromatic heterocycles. The molecule has 1 aromatic carbocycles. The quantitative estimate of drug-likeness (QED) is 0.640. The molecule has 0 bridgehead atoms. The predicted octanol–water partition coefficient (Wildman–Crippen LogP) is 3.73. The number of ether oxygens (including phenoxy) is 2. The molecular formula is C23H31N3O4. The van der Waals surface area contributed by atoms with Crippen LogP contribution < -0.4 is 14.8 Å². The molecule has 162 valence electrons. The molecule has 7 nitrogen and oxygen atoms in total. The number of fused-ring (bicyclic) bond motifs is 1. The molecule has 0 radical (unpaired) electrons. The van der Waals surface area contributed by atoms with Crippen LogP contribution in [0, 0.1) is 0 Å². The van der Waals surface area contributed by atoms with Crippen LogP contribution in [0.5, 0.6) is 11.5 Å². The van der Waals surface area contributed by atoms with Crippen molar-refractivity contribution in [3.63, 3.8) is 0 Å². The van der Waals surface area contributed by atoms with Crippen LogP contribution in [-0.2, 0) is 10.2 Å². The lowest BCUT2D eigenvalue weighted by Crippen LogP contribution is -2.40. The van der Waals surface area contributed by atoms with Crippen LogP contribution in [-0.4, -0.2) is 48.4 Å². The number of nitrogens with one attached hydrogen (secondary N) is 1. The van der Waals surface area contributed by atoms with E-state index in [0.29, 0.717) is 17.2 Å². The molecule has 4 rings (SSSR count). The Labute approximate surface area is 177 Å². The molecule has 0 spiro atoms. The van der Waals surface area contributed by atoms with Gasteiger partial charge in [-0.1, -0.05) is 19.0 Å². The number of amides is 1. The molecule has 1 unspecified atom stereocenters. The van der Waals surface area contributed by atoms with Gasteiger partial charge >= 0.3 is 0 Å². The molecule has 1 aliphatic carbocycles. The number of aromatic nitrogens is 1. The Bertz CT molecular complexity index is 886. The average Bonchev–Trinajstić information content (AvgIpc) is 3.19. The summed E-state index contributed by atoms with van der Waals surface area (Å²) in [4.78, 5) is 15.4. The van der Waals surface area contributed by atoms with Gasteiger partial charge in [-0.25, -0.2) is 0 Å². The van der Waals surface area contributed by atoms with Crippen molar-refractivity contribution in [1.29, 1.82) is 0 Å². The summed E-state index contributed by atoms with van der Waals surface area (Å²) in [6.45, 7) is 9.88. The zero-order valence-corrected chi connectivity index (χ0v) is 18.1. The van der Waals surface area contributed by atoms with Gasteiger partial charge in [0, 0.05) is 17.7 Å². The van der Waals surface area contributed by atoms with E-state index in [1.165, 1.54) is 0 Å². The first-order valence-electron chi connectivity index (χ1n) is 11.0. The van der Waals surface area contributed by atoms with Gasteiger partial charge in [0.2, 0.25) is 12.7 Å². The Morgan fingerprint density at radius 2 is 1.97 bits per heavy atom. The molecule has 1 N–H and O–H groups in total. The van der Waals surface area contributed by atoms with Crippen LogP contribution in [0.2, 0.25) is 0 Å². The maximum Gasteiger partial charge on any atom is 0.232 e. The molecule has 7 heteroatoms. The third-order valence-electron chi connectivity index (χ3n) is 6.23. The molecule has 1 saturated carbocycles. The second kappa shape index (κ2) is 8.68. The topological polar surface area (TPSA) is 76.8 Å². The van der Waals surface area contributed by atoms with Gasteiger partial charge in [-0.2, -0.15) is 0 Å². The van der Waals surface area contributed by atoms with Crippen LogP contribution >= 0.6 is 0 Å². The van der Waals surface area contributed by atoms with Gasteiger partial charge in [0.15, 0.2) is 17.3 Å². The lowest BCUT2D eigenvalue weighted by molar-refractivity contribution is -0.124. The highest BCUT2D eigenvalue weighted by Gasteiger charge is 2.54. The van der Waals surface area contributed by atoms with Crippen LogP contribution in [0.25, 0.3) is 11.3 Å². The van der Waals surface area contributed by atoms with E-state index in [4.69, 9.17) is 14.0 Å². The number of nitrogens with zero attached hydrogens (tertiary/aromatic N) is 2. The van der Waals surface area contributed by atoms with E-state index in [0.717, 1.165) is 56.6 Å². The number of carbonyl (C=O) groups excluding carboxylic acids is 1. The summed E-state index contributed by atoms with van der Waals surface area (Å²) in [5.74, 6) is 2.12. The largest absolute Gasteiger partial charge is 0.454 e. The highest BCUT2D eigenvalue weighted by atomic mass is 16.7. The number of hydrogen-bond acceptors (Lipinski definition) is 6. The van der Waals surface area contributed by atoms with E-state index in [2.05, 4.69) is 36.1 Å². The maximum atomic E-state index is 13.0. The Morgan fingerprint density at radius 1 is 1.20 bits per heavy atom. The van der Waals surface area contributed by atoms with Crippen LogP contribution in [0.3, 0.4) is 0 Å². The van der Waals surface area contributed by atoms with Gasteiger partial charge in [0.1, 0.15) is 0 Å². The van der Waals surface area contributed by atoms with Gasteiger partial charge < -0.3 is 24.2 Å². The third kappa shape index (κ3) is 4.17. The summed E-state index contributed by atoms with van der Waals surface area (Å²) >= 11 is 0. The lowest BCUT2D eigenvalue weighted by Gasteiger charge is -2.21. The van der Waals surface area contributed by atoms with Crippen molar-refractivity contribution in [2.24, 2.45) is 0 Å². The van der Waals surface area contributed by atoms with E-state index < -0.39 is 5.41 Å². The first-order chi connectivity index (χ1) is 14.6. The minimum atomic E-state index is -0.550. The zero-order chi connectivity index (χ0) is 21.1. The van der Waals surface area contributed by atoms with E-state index in [-0.39, 0.29) is 18.7 Å². The molecule has 1 atom stereocenters. The standard InChI is InChI=1S/C23H31N3O4/c1-4-26(5-2)12-6-7-16(3)24-22(27)23(10-11-23)21-14-19(30-25-21)17-8-9-18-20(13-17)29-15-28-18/h8-9,13-14,16H,4-7,10-12,15H2,1-3H3,(H,24,27). The molecular weight excluding hydrogens is 382 g/mol. The first kappa shape index (κ1) is 20.7. The normalized spacial score (nSPS) is 17.2. The van der Waals surface area contributed by atoms with Gasteiger partial charge in [-0.15, -0.1) is 0 Å². The van der Waals surface area contributed by atoms with Crippen molar-refractivity contribution in [1.82, 2.24) is 15.4 Å². The van der Waals surface area contributed by atoms with Crippen molar-refractivity contribution in [3.05, 3.63) is 30.0 Å². The molecule has 1 fully saturated rings. The van der Waals surface area contributed by atoms with Crippen molar-refractivity contribution in [3.8, 4) is 22.8 Å². The van der Waals surface area contributed by atoms with Gasteiger partial charge in [-0.05, 0) is 70.4 Å². The second-order valence-corrected chi connectivity index (χ2v) is 8.27. The molecule has 2 aromatic rings. The fourth-order valence-electron chi connectivity index (χ4n) is 4.01. The summed E-state index contributed by atoms with van der Waals surface area (Å²) < 4.78 is 16.4. The highest BCUT2D eigenvalue weighted by molar-refractivity contribution is 5.91. The SMILES string of the molecule is CCN(CC)CCCC(C)NC(=O)C1(c2cc(-c3ccc4c(c3)OCO4)on2)CC1. The number of benzene rings is 1. The predicted molar refractivity (Wildman–Crippen MR) is 114 cm³/mol. The fraction of sp³-hybridized carbons (Fsp3) is 0.565. The second-order valence-electron chi connectivity index (χ2n) is 8.27. The Morgan fingerprint density at radius 3 is 2.70 bits per heavy atom. The zero-order valence-electron chi connectivity index (χ0n) is 18.1. The Balaban J connectivity index is 1.36. The lowest BCUT2D eigenvalue weighted by atomic mass is 9.99. The van der Waals surface area contributed by atoms with Gasteiger partial charge in [-0.3, -0.25) is 4.79 Å². The number of rotatable bonds is 10. The van der Waals surface area contributed by atoms with E-state index >= 15 is 0 Å². The van der Waals surface area contributed by atoms with Crippen molar-refractivity contribution in [2.45, 2.75) is 57.9 Å². The van der Waals surface area contributed by atoms with E-state index in [9.17, 15) is 4.79 Å². The molecule has 30 heavy (non-hydrogen) atoms. The Kier molecular flexibility index (Phi) is 5.99. The Hall–Kier alpha value is -2.54. The molecule has 0 saturated heterocycles. The van der Waals surface area contributed by atoms with E-state index in [1.54, 1.807) is 0 Å². The molecule has 2 heterocycles. The summed E-state index contributed by atoms with van der Waals surface area (Å²) in [6.07, 6.45) is 3.66. The average molecular weight is 414 g/mol. The summed E-state index contributed by atoms with van der Waals surface area (Å²) in [5.41, 5.74) is 1.02. The highest BCUT2D eigenvalue weighted by Crippen LogP contribution is 2.49. The molecule has 1 aliphatic heterocycles. The number of hydrogen-bond donors (Lipinski definition) is 1. The smallest absolute Gasteiger partial charge is 0.232 e. The summed E-state index contributed by atoms with van der Waals surface area (Å²) in [6, 6.07) is 7.68. The van der Waals surface area contributed by atoms with Crippen molar-refractivity contribution < 1.29 is 18.8 Å². The summed E-state index contributed by atoms with van der Waals surface area (Å²) in [7, 11) is 0. The monoisotopic (exact) mass is 413 g/mol. The van der Waals surface area contributed by atoms with E-state index in [1.807, 2.05) is 24.3 Å². The van der Waals surface area contributed by atoms with Gasteiger partial charge in [0.05, 0.1) is 11.1 Å². The van der Waals surface area contributed by atoms with Gasteiger partial charge in [0.25, 0.3) is 0 Å². The molecule has 1 amide bonds. The maximum absolute atomic E-state index is 13.0. The van der Waals surface area contributed by atoms with Crippen LogP contribution in [0.4, 0.5) is 0 Å². The third-order valence-corrected chi connectivity index (χ3v) is 6.23.